The molecule has 0 amide bonds. The first kappa shape index (κ1) is 14.3. The minimum absolute atomic E-state index is 0.00249. The zero-order valence-electron chi connectivity index (χ0n) is 11.8. The van der Waals surface area contributed by atoms with Crippen LogP contribution in [-0.4, -0.2) is 48.6 Å². The van der Waals surface area contributed by atoms with Crippen molar-refractivity contribution >= 4 is 0 Å². The van der Waals surface area contributed by atoms with Gasteiger partial charge in [0.05, 0.1) is 0 Å². The molecule has 1 N–H and O–H groups in total. The second-order valence-electron chi connectivity index (χ2n) is 5.76. The molecule has 1 saturated heterocycles. The highest BCUT2D eigenvalue weighted by molar-refractivity contribution is 5.28. The zero-order valence-corrected chi connectivity index (χ0v) is 11.8. The van der Waals surface area contributed by atoms with Crippen LogP contribution in [0.2, 0.25) is 0 Å². The van der Waals surface area contributed by atoms with E-state index in [0.29, 0.717) is 6.54 Å². The molecule has 0 saturated carbocycles. The number of nitrogens with zero attached hydrogens (tertiary/aromatic N) is 2. The quantitative estimate of drug-likeness (QED) is 0.906. The van der Waals surface area contributed by atoms with Gasteiger partial charge in [0.2, 0.25) is 0 Å². The van der Waals surface area contributed by atoms with Gasteiger partial charge < -0.3 is 14.9 Å². The Hall–Kier alpha value is -1.13. The molecule has 0 unspecified atom stereocenters. The van der Waals surface area contributed by atoms with Crippen molar-refractivity contribution < 1.29 is 9.50 Å². The molecule has 0 spiro atoms. The van der Waals surface area contributed by atoms with Gasteiger partial charge in [-0.25, -0.2) is 4.39 Å². The van der Waals surface area contributed by atoms with Gasteiger partial charge in [-0.15, -0.1) is 0 Å². The fourth-order valence-electron chi connectivity index (χ4n) is 2.79. The standard InChI is InChI=1S/C15H23FN2O/c1-17-5-3-12(4-6-17)10-18(2)11-13-7-14(16)9-15(19)8-13/h7-9,12,19H,3-6,10-11H2,1-2H3. The molecule has 0 bridgehead atoms. The van der Waals surface area contributed by atoms with Crippen molar-refractivity contribution in [3.8, 4) is 5.75 Å². The van der Waals surface area contributed by atoms with Gasteiger partial charge in [-0.1, -0.05) is 0 Å². The predicted molar refractivity (Wildman–Crippen MR) is 74.6 cm³/mol. The van der Waals surface area contributed by atoms with Gasteiger partial charge in [0.15, 0.2) is 0 Å². The number of aromatic hydroxyl groups is 1. The molecule has 1 aliphatic heterocycles. The van der Waals surface area contributed by atoms with E-state index in [1.165, 1.54) is 32.0 Å². The smallest absolute Gasteiger partial charge is 0.127 e. The monoisotopic (exact) mass is 266 g/mol. The Labute approximate surface area is 114 Å². The highest BCUT2D eigenvalue weighted by Crippen LogP contribution is 2.19. The summed E-state index contributed by atoms with van der Waals surface area (Å²) < 4.78 is 13.2. The van der Waals surface area contributed by atoms with Gasteiger partial charge >= 0.3 is 0 Å². The maximum atomic E-state index is 13.2. The van der Waals surface area contributed by atoms with Crippen LogP contribution >= 0.6 is 0 Å². The minimum Gasteiger partial charge on any atom is -0.508 e. The number of hydrogen-bond acceptors (Lipinski definition) is 3. The lowest BCUT2D eigenvalue weighted by molar-refractivity contribution is 0.173. The van der Waals surface area contributed by atoms with Crippen molar-refractivity contribution in [3.05, 3.63) is 29.6 Å². The first-order valence-corrected chi connectivity index (χ1v) is 6.88. The highest BCUT2D eigenvalue weighted by Gasteiger charge is 2.18. The largest absolute Gasteiger partial charge is 0.508 e. The van der Waals surface area contributed by atoms with E-state index in [1.54, 1.807) is 6.07 Å². The van der Waals surface area contributed by atoms with Crippen LogP contribution in [0, 0.1) is 11.7 Å². The SMILES string of the molecule is CN1CCC(CN(C)Cc2cc(O)cc(F)c2)CC1. The van der Waals surface area contributed by atoms with Gasteiger partial charge in [0.25, 0.3) is 0 Å². The van der Waals surface area contributed by atoms with E-state index in [2.05, 4.69) is 23.9 Å². The van der Waals surface area contributed by atoms with E-state index in [0.717, 1.165) is 24.1 Å². The van der Waals surface area contributed by atoms with Crippen molar-refractivity contribution in [2.24, 2.45) is 5.92 Å². The van der Waals surface area contributed by atoms with Crippen LogP contribution in [-0.2, 0) is 6.54 Å². The second kappa shape index (κ2) is 6.35. The Kier molecular flexibility index (Phi) is 4.77. The van der Waals surface area contributed by atoms with Crippen molar-refractivity contribution in [2.75, 3.05) is 33.7 Å². The predicted octanol–water partition coefficient (Wildman–Crippen LogP) is 2.30. The molecule has 2 rings (SSSR count). The lowest BCUT2D eigenvalue weighted by atomic mass is 9.96. The molecule has 1 aromatic carbocycles. The van der Waals surface area contributed by atoms with E-state index in [4.69, 9.17) is 0 Å². The molecule has 0 radical (unpaired) electrons. The molecule has 1 aromatic rings. The number of likely N-dealkylation sites (tertiary alicyclic amines) is 1. The van der Waals surface area contributed by atoms with Crippen molar-refractivity contribution in [3.63, 3.8) is 0 Å². The van der Waals surface area contributed by atoms with Gasteiger partial charge in [-0.3, -0.25) is 0 Å². The normalized spacial score (nSPS) is 18.1. The van der Waals surface area contributed by atoms with Gasteiger partial charge in [-0.05, 0) is 63.6 Å². The molecule has 1 heterocycles. The Morgan fingerprint density at radius 3 is 2.63 bits per heavy atom. The summed E-state index contributed by atoms with van der Waals surface area (Å²) in [6.45, 7) is 4.04. The topological polar surface area (TPSA) is 26.7 Å². The molecular formula is C15H23FN2O. The summed E-state index contributed by atoms with van der Waals surface area (Å²) in [7, 11) is 4.22. The lowest BCUT2D eigenvalue weighted by Crippen LogP contribution is -2.35. The lowest BCUT2D eigenvalue weighted by Gasteiger charge is -2.31. The van der Waals surface area contributed by atoms with E-state index >= 15 is 0 Å². The fourth-order valence-corrected chi connectivity index (χ4v) is 2.79. The number of piperidine rings is 1. The summed E-state index contributed by atoms with van der Waals surface area (Å²) >= 11 is 0. The molecule has 0 atom stereocenters. The molecule has 0 aliphatic carbocycles. The molecular weight excluding hydrogens is 243 g/mol. The summed E-state index contributed by atoms with van der Waals surface area (Å²) in [6.07, 6.45) is 2.46. The molecule has 4 heteroatoms. The number of phenols is 1. The maximum absolute atomic E-state index is 13.2. The van der Waals surface area contributed by atoms with Crippen LogP contribution in [0.25, 0.3) is 0 Å². The van der Waals surface area contributed by atoms with Gasteiger partial charge in [0.1, 0.15) is 11.6 Å². The van der Waals surface area contributed by atoms with Crippen LogP contribution in [0.4, 0.5) is 4.39 Å². The van der Waals surface area contributed by atoms with Crippen LogP contribution in [0.3, 0.4) is 0 Å². The average molecular weight is 266 g/mol. The Morgan fingerprint density at radius 2 is 2.00 bits per heavy atom. The Bertz CT molecular complexity index is 396. The van der Waals surface area contributed by atoms with Crippen LogP contribution < -0.4 is 0 Å². The third-order valence-electron chi connectivity index (χ3n) is 3.80. The van der Waals surface area contributed by atoms with Crippen molar-refractivity contribution in [1.82, 2.24) is 9.80 Å². The maximum Gasteiger partial charge on any atom is 0.127 e. The Morgan fingerprint density at radius 1 is 1.32 bits per heavy atom. The third-order valence-corrected chi connectivity index (χ3v) is 3.80. The number of rotatable bonds is 4. The van der Waals surface area contributed by atoms with Crippen LogP contribution in [0.15, 0.2) is 18.2 Å². The molecule has 19 heavy (non-hydrogen) atoms. The van der Waals surface area contributed by atoms with E-state index in [1.807, 2.05) is 0 Å². The second-order valence-corrected chi connectivity index (χ2v) is 5.76. The van der Waals surface area contributed by atoms with Crippen LogP contribution in [0.5, 0.6) is 5.75 Å². The minimum atomic E-state index is -0.373. The van der Waals surface area contributed by atoms with Crippen molar-refractivity contribution in [1.29, 1.82) is 0 Å². The summed E-state index contributed by atoms with van der Waals surface area (Å²) in [5.74, 6) is 0.355. The molecule has 1 fully saturated rings. The molecule has 3 nitrogen and oxygen atoms in total. The molecule has 1 aliphatic rings. The van der Waals surface area contributed by atoms with E-state index < -0.39 is 0 Å². The fraction of sp³-hybridized carbons (Fsp3) is 0.600. The summed E-state index contributed by atoms with van der Waals surface area (Å²) in [5.41, 5.74) is 0.827. The number of hydrogen-bond donors (Lipinski definition) is 1. The average Bonchev–Trinajstić information content (AvgIpc) is 2.30. The van der Waals surface area contributed by atoms with E-state index in [-0.39, 0.29) is 11.6 Å². The first-order chi connectivity index (χ1) is 9.02. The van der Waals surface area contributed by atoms with Crippen LogP contribution in [0.1, 0.15) is 18.4 Å². The van der Waals surface area contributed by atoms with Gasteiger partial charge in [0, 0.05) is 19.2 Å². The molecule has 106 valence electrons. The van der Waals surface area contributed by atoms with Gasteiger partial charge in [-0.2, -0.15) is 0 Å². The zero-order chi connectivity index (χ0) is 13.8. The van der Waals surface area contributed by atoms with E-state index in [9.17, 15) is 9.50 Å². The first-order valence-electron chi connectivity index (χ1n) is 6.88. The summed E-state index contributed by atoms with van der Waals surface area (Å²) in [6, 6.07) is 4.26. The third kappa shape index (κ3) is 4.48. The molecule has 0 aromatic heterocycles. The number of phenolic OH excluding ortho intramolecular Hbond substituents is 1. The Balaban J connectivity index is 1.85. The number of halogens is 1. The number of benzene rings is 1. The highest BCUT2D eigenvalue weighted by atomic mass is 19.1. The summed E-state index contributed by atoms with van der Waals surface area (Å²) in [4.78, 5) is 4.57. The van der Waals surface area contributed by atoms with Crippen molar-refractivity contribution in [2.45, 2.75) is 19.4 Å². The summed E-state index contributed by atoms with van der Waals surface area (Å²) in [5, 5.41) is 9.39.